The van der Waals surface area contributed by atoms with Crippen LogP contribution in [0.25, 0.3) is 0 Å². The third kappa shape index (κ3) is 2.49. The molecule has 0 bridgehead atoms. The van der Waals surface area contributed by atoms with Gasteiger partial charge in [-0.2, -0.15) is 0 Å². The molecular formula is C10H10O2S3. The zero-order valence-corrected chi connectivity index (χ0v) is 10.3. The van der Waals surface area contributed by atoms with Crippen LogP contribution in [-0.2, 0) is 10.1 Å². The maximum Gasteiger partial charge on any atom is 0.204 e. The van der Waals surface area contributed by atoms with Gasteiger partial charge >= 0.3 is 0 Å². The lowest BCUT2D eigenvalue weighted by atomic mass is 10.4. The van der Waals surface area contributed by atoms with Gasteiger partial charge in [0.25, 0.3) is 0 Å². The minimum Gasteiger partial charge on any atom is -0.298 e. The minimum absolute atomic E-state index is 0.941. The number of hydrogen-bond acceptors (Lipinski definition) is 2. The summed E-state index contributed by atoms with van der Waals surface area (Å²) in [5.41, 5.74) is 0. The Morgan fingerprint density at radius 3 is 2.40 bits per heavy atom. The predicted molar refractivity (Wildman–Crippen MR) is 67.1 cm³/mol. The molecule has 15 heavy (non-hydrogen) atoms. The van der Waals surface area contributed by atoms with Gasteiger partial charge < -0.3 is 0 Å². The lowest BCUT2D eigenvalue weighted by Gasteiger charge is -2.15. The molecule has 2 aromatic rings. The third-order valence-corrected chi connectivity index (χ3v) is 7.52. The summed E-state index contributed by atoms with van der Waals surface area (Å²) in [7, 11) is -2.94. The zero-order chi connectivity index (χ0) is 10.7. The summed E-state index contributed by atoms with van der Waals surface area (Å²) in [5.74, 6) is 0. The minimum atomic E-state index is -1.81. The van der Waals surface area contributed by atoms with E-state index in [1.807, 2.05) is 47.8 Å². The van der Waals surface area contributed by atoms with Crippen LogP contribution in [0, 0.1) is 0 Å². The van der Waals surface area contributed by atoms with E-state index in [-0.39, 0.29) is 0 Å². The fraction of sp³-hybridized carbons (Fsp3) is 0. The second-order valence-electron chi connectivity index (χ2n) is 2.81. The van der Waals surface area contributed by atoms with Crippen LogP contribution in [-0.4, -0.2) is 8.76 Å². The molecule has 1 heterocycles. The first-order chi connectivity index (χ1) is 7.29. The monoisotopic (exact) mass is 258 g/mol. The highest BCUT2D eigenvalue weighted by molar-refractivity contribution is 8.77. The molecule has 0 fully saturated rings. The number of benzene rings is 1. The van der Waals surface area contributed by atoms with Crippen molar-refractivity contribution in [3.63, 3.8) is 0 Å². The van der Waals surface area contributed by atoms with Gasteiger partial charge in [0.2, 0.25) is 10.1 Å². The van der Waals surface area contributed by atoms with Crippen molar-refractivity contribution < 1.29 is 8.76 Å². The predicted octanol–water partition coefficient (Wildman–Crippen LogP) is 3.30. The van der Waals surface area contributed by atoms with Gasteiger partial charge in [-0.15, -0.1) is 11.3 Å². The maximum absolute atomic E-state index is 11.3. The van der Waals surface area contributed by atoms with E-state index >= 15 is 0 Å². The second-order valence-corrected chi connectivity index (χ2v) is 8.14. The Kier molecular flexibility index (Phi) is 3.58. The molecule has 0 saturated heterocycles. The molecule has 2 nitrogen and oxygen atoms in total. The van der Waals surface area contributed by atoms with Crippen molar-refractivity contribution in [2.45, 2.75) is 9.10 Å². The van der Waals surface area contributed by atoms with Crippen LogP contribution in [0.3, 0.4) is 0 Å². The Balaban J connectivity index is 2.42. The molecular weight excluding hydrogens is 248 g/mol. The van der Waals surface area contributed by atoms with E-state index in [9.17, 15) is 8.76 Å². The summed E-state index contributed by atoms with van der Waals surface area (Å²) in [6.45, 7) is 0. The topological polar surface area (TPSA) is 37.3 Å². The van der Waals surface area contributed by atoms with Gasteiger partial charge in [-0.25, -0.2) is 4.21 Å². The van der Waals surface area contributed by atoms with Gasteiger partial charge in [0, 0.05) is 4.90 Å². The molecule has 0 spiro atoms. The molecule has 0 aliphatic heterocycles. The standard InChI is InChI=1S/C10H10O2S3/c11-15(12)14(10-7-4-8-13-10)9-5-2-1-3-6-9/h1-8,14H,(H,11,12). The SMILES string of the molecule is O=S(O)[SH](c1ccccc1)c1cccs1. The molecule has 2 atom stereocenters. The van der Waals surface area contributed by atoms with Gasteiger partial charge in [-0.1, -0.05) is 34.2 Å². The average Bonchev–Trinajstić information content (AvgIpc) is 2.72. The van der Waals surface area contributed by atoms with Crippen molar-refractivity contribution in [1.82, 2.24) is 0 Å². The van der Waals surface area contributed by atoms with Crippen molar-refractivity contribution in [3.05, 3.63) is 47.8 Å². The molecule has 2 unspecified atom stereocenters. The van der Waals surface area contributed by atoms with E-state index in [4.69, 9.17) is 0 Å². The lowest BCUT2D eigenvalue weighted by molar-refractivity contribution is 0.580. The number of thiol groups is 1. The Hall–Kier alpha value is -0.620. The zero-order valence-electron chi connectivity index (χ0n) is 7.74. The molecule has 1 aromatic carbocycles. The van der Waals surface area contributed by atoms with Crippen LogP contribution in [0.1, 0.15) is 0 Å². The normalized spacial score (nSPS) is 15.9. The molecule has 0 amide bonds. The molecule has 2 rings (SSSR count). The number of rotatable bonds is 3. The molecule has 0 saturated carbocycles. The molecule has 80 valence electrons. The highest BCUT2D eigenvalue weighted by Crippen LogP contribution is 2.48. The van der Waals surface area contributed by atoms with E-state index in [0.29, 0.717) is 0 Å². The Morgan fingerprint density at radius 2 is 1.87 bits per heavy atom. The van der Waals surface area contributed by atoms with Crippen molar-refractivity contribution in [2.24, 2.45) is 0 Å². The van der Waals surface area contributed by atoms with Crippen LogP contribution < -0.4 is 0 Å². The second kappa shape index (κ2) is 4.94. The van der Waals surface area contributed by atoms with Gasteiger partial charge in [0.1, 0.15) is 0 Å². The smallest absolute Gasteiger partial charge is 0.204 e. The van der Waals surface area contributed by atoms with Crippen LogP contribution in [0.5, 0.6) is 0 Å². The Labute approximate surface area is 97.0 Å². The van der Waals surface area contributed by atoms with Crippen LogP contribution >= 0.6 is 21.3 Å². The van der Waals surface area contributed by atoms with Crippen LogP contribution in [0.2, 0.25) is 0 Å². The highest BCUT2D eigenvalue weighted by Gasteiger charge is 2.15. The average molecular weight is 258 g/mol. The molecule has 0 aliphatic rings. The molecule has 1 aromatic heterocycles. The lowest BCUT2D eigenvalue weighted by Crippen LogP contribution is -1.90. The summed E-state index contributed by atoms with van der Waals surface area (Å²) in [5, 5.41) is 1.93. The van der Waals surface area contributed by atoms with Crippen molar-refractivity contribution >= 4 is 31.4 Å². The summed E-state index contributed by atoms with van der Waals surface area (Å²) in [6, 6.07) is 13.3. The summed E-state index contributed by atoms with van der Waals surface area (Å²) < 4.78 is 21.7. The van der Waals surface area contributed by atoms with Crippen molar-refractivity contribution in [3.8, 4) is 0 Å². The number of thiophene rings is 1. The number of hydrogen-bond donors (Lipinski definition) is 2. The quantitative estimate of drug-likeness (QED) is 0.503. The van der Waals surface area contributed by atoms with Gasteiger partial charge in [-0.3, -0.25) is 4.55 Å². The van der Waals surface area contributed by atoms with Crippen molar-refractivity contribution in [1.29, 1.82) is 0 Å². The third-order valence-electron chi connectivity index (χ3n) is 1.85. The van der Waals surface area contributed by atoms with Crippen LogP contribution in [0.15, 0.2) is 56.9 Å². The Bertz CT molecular complexity index is 439. The van der Waals surface area contributed by atoms with Gasteiger partial charge in [-0.05, 0) is 23.6 Å². The van der Waals surface area contributed by atoms with Gasteiger partial charge in [0.15, 0.2) is 0 Å². The fourth-order valence-corrected chi connectivity index (χ4v) is 6.34. The fourth-order valence-electron chi connectivity index (χ4n) is 1.24. The molecule has 0 radical (unpaired) electrons. The Morgan fingerprint density at radius 1 is 1.13 bits per heavy atom. The first-order valence-electron chi connectivity index (χ1n) is 4.28. The van der Waals surface area contributed by atoms with E-state index in [1.165, 1.54) is 11.3 Å². The van der Waals surface area contributed by atoms with E-state index < -0.39 is 20.0 Å². The van der Waals surface area contributed by atoms with Gasteiger partial charge in [0.05, 0.1) is 4.21 Å². The largest absolute Gasteiger partial charge is 0.298 e. The highest BCUT2D eigenvalue weighted by atomic mass is 33.2. The summed E-state index contributed by atoms with van der Waals surface area (Å²) >= 11 is 1.53. The van der Waals surface area contributed by atoms with E-state index in [1.54, 1.807) is 0 Å². The first kappa shape index (κ1) is 10.9. The van der Waals surface area contributed by atoms with E-state index in [2.05, 4.69) is 0 Å². The maximum atomic E-state index is 11.3. The van der Waals surface area contributed by atoms with Crippen LogP contribution in [0.4, 0.5) is 0 Å². The molecule has 1 N–H and O–H groups in total. The van der Waals surface area contributed by atoms with Crippen molar-refractivity contribution in [2.75, 3.05) is 0 Å². The summed E-state index contributed by atoms with van der Waals surface area (Å²) in [6.07, 6.45) is 0. The molecule has 5 heteroatoms. The van der Waals surface area contributed by atoms with E-state index in [0.717, 1.165) is 9.10 Å². The molecule has 0 aliphatic carbocycles. The summed E-state index contributed by atoms with van der Waals surface area (Å²) in [4.78, 5) is 0.941. The first-order valence-corrected chi connectivity index (χ1v) is 8.22.